The Morgan fingerprint density at radius 3 is 2.34 bits per heavy atom. The van der Waals surface area contributed by atoms with Gasteiger partial charge >= 0.3 is 6.03 Å². The number of phenols is 1. The number of phenolic OH excluding ortho intramolecular Hbond substituents is 1. The van der Waals surface area contributed by atoms with Gasteiger partial charge in [0, 0.05) is 37.3 Å². The van der Waals surface area contributed by atoms with Crippen molar-refractivity contribution in [1.82, 2.24) is 10.2 Å². The van der Waals surface area contributed by atoms with Crippen molar-refractivity contribution in [2.24, 2.45) is 0 Å². The molecular weight excluding hydrogens is 558 g/mol. The molecule has 0 radical (unpaired) electrons. The van der Waals surface area contributed by atoms with Crippen molar-refractivity contribution in [3.05, 3.63) is 131 Å². The minimum atomic E-state index is -0.769. The van der Waals surface area contributed by atoms with Gasteiger partial charge in [0.15, 0.2) is 6.29 Å². The Bertz CT molecular complexity index is 1480. The summed E-state index contributed by atoms with van der Waals surface area (Å²) in [7, 11) is 1.92. The number of amides is 2. The predicted molar refractivity (Wildman–Crippen MR) is 168 cm³/mol. The molecule has 1 aliphatic rings. The monoisotopic (exact) mass is 597 g/mol. The normalized spacial score (nSPS) is 19.0. The smallest absolute Gasteiger partial charge is 0.319 e. The van der Waals surface area contributed by atoms with Gasteiger partial charge in [-0.05, 0) is 53.6 Å². The van der Waals surface area contributed by atoms with Crippen LogP contribution in [0.1, 0.15) is 52.7 Å². The van der Waals surface area contributed by atoms with Gasteiger partial charge in [-0.1, -0.05) is 78.9 Å². The SMILES string of the molecule is CN(C[C@@H]1C[C@H](c2ccc(CO)cc2)O[C@H](c2ccc(NC(=O)NCc3ccccc3)cc2)O1)C[C@@H](O)c1cccc(O)c1. The number of anilines is 1. The molecule has 2 amide bonds. The van der Waals surface area contributed by atoms with Gasteiger partial charge in [-0.2, -0.15) is 0 Å². The zero-order valence-electron chi connectivity index (χ0n) is 24.7. The third-order valence-electron chi connectivity index (χ3n) is 7.61. The van der Waals surface area contributed by atoms with Gasteiger partial charge in [0.25, 0.3) is 0 Å². The number of carbonyl (C=O) groups excluding carboxylic acids is 1. The van der Waals surface area contributed by atoms with E-state index >= 15 is 0 Å². The molecule has 4 aromatic carbocycles. The van der Waals surface area contributed by atoms with Gasteiger partial charge in [0.05, 0.1) is 24.9 Å². The van der Waals surface area contributed by atoms with Crippen LogP contribution in [0.15, 0.2) is 103 Å². The van der Waals surface area contributed by atoms with Crippen LogP contribution in [-0.4, -0.2) is 52.5 Å². The number of aromatic hydroxyl groups is 1. The van der Waals surface area contributed by atoms with Crippen LogP contribution in [-0.2, 0) is 22.6 Å². The van der Waals surface area contributed by atoms with Crippen LogP contribution >= 0.6 is 0 Å². The number of carbonyl (C=O) groups is 1. The first-order chi connectivity index (χ1) is 21.4. The van der Waals surface area contributed by atoms with Crippen molar-refractivity contribution in [3.63, 3.8) is 0 Å². The quantitative estimate of drug-likeness (QED) is 0.157. The minimum Gasteiger partial charge on any atom is -0.508 e. The molecule has 230 valence electrons. The Kier molecular flexibility index (Phi) is 10.6. The molecule has 1 aliphatic heterocycles. The summed E-state index contributed by atoms with van der Waals surface area (Å²) in [5.41, 5.74) is 4.92. The summed E-state index contributed by atoms with van der Waals surface area (Å²) in [4.78, 5) is 14.4. The molecule has 1 saturated heterocycles. The molecule has 0 unspecified atom stereocenters. The van der Waals surface area contributed by atoms with Crippen LogP contribution in [0.2, 0.25) is 0 Å². The summed E-state index contributed by atoms with van der Waals surface area (Å²) in [5.74, 6) is 0.115. The fraction of sp³-hybridized carbons (Fsp3) is 0.286. The summed E-state index contributed by atoms with van der Waals surface area (Å²) >= 11 is 0. The highest BCUT2D eigenvalue weighted by molar-refractivity contribution is 5.89. The molecule has 5 N–H and O–H groups in total. The van der Waals surface area contributed by atoms with E-state index in [1.807, 2.05) is 90.8 Å². The number of hydrogen-bond donors (Lipinski definition) is 5. The van der Waals surface area contributed by atoms with E-state index in [1.54, 1.807) is 24.3 Å². The molecule has 4 aromatic rings. The molecule has 1 fully saturated rings. The largest absolute Gasteiger partial charge is 0.508 e. The lowest BCUT2D eigenvalue weighted by molar-refractivity contribution is -0.252. The second-order valence-corrected chi connectivity index (χ2v) is 11.1. The molecule has 9 heteroatoms. The first-order valence-corrected chi connectivity index (χ1v) is 14.7. The number of ether oxygens (including phenoxy) is 2. The van der Waals surface area contributed by atoms with Crippen molar-refractivity contribution in [1.29, 1.82) is 0 Å². The van der Waals surface area contributed by atoms with Crippen molar-refractivity contribution in [2.75, 3.05) is 25.5 Å². The highest BCUT2D eigenvalue weighted by Crippen LogP contribution is 2.38. The number of aliphatic hydroxyl groups is 2. The molecule has 44 heavy (non-hydrogen) atoms. The number of urea groups is 1. The maximum absolute atomic E-state index is 12.4. The van der Waals surface area contributed by atoms with Crippen molar-refractivity contribution < 1.29 is 29.6 Å². The van der Waals surface area contributed by atoms with E-state index in [9.17, 15) is 20.1 Å². The second kappa shape index (κ2) is 15.0. The first-order valence-electron chi connectivity index (χ1n) is 14.7. The summed E-state index contributed by atoms with van der Waals surface area (Å²) in [6.45, 7) is 1.30. The molecule has 1 heterocycles. The number of nitrogens with zero attached hydrogens (tertiary/aromatic N) is 1. The fourth-order valence-corrected chi connectivity index (χ4v) is 5.26. The van der Waals surface area contributed by atoms with E-state index in [0.29, 0.717) is 37.3 Å². The van der Waals surface area contributed by atoms with Gasteiger partial charge in [-0.3, -0.25) is 0 Å². The molecule has 0 aliphatic carbocycles. The summed E-state index contributed by atoms with van der Waals surface area (Å²) in [6, 6.07) is 31.1. The van der Waals surface area contributed by atoms with Crippen LogP contribution < -0.4 is 10.6 Å². The Morgan fingerprint density at radius 1 is 0.909 bits per heavy atom. The maximum atomic E-state index is 12.4. The zero-order valence-corrected chi connectivity index (χ0v) is 24.7. The Labute approximate surface area is 257 Å². The Morgan fingerprint density at radius 2 is 1.64 bits per heavy atom. The van der Waals surface area contributed by atoms with Crippen molar-refractivity contribution in [3.8, 4) is 5.75 Å². The number of likely N-dealkylation sites (N-methyl/N-ethyl adjacent to an activating group) is 1. The standard InChI is InChI=1S/C35H39N3O6/c1-38(22-32(41)28-8-5-9-30(40)18-28)21-31-19-33(26-12-10-25(23-39)11-13-26)44-34(43-31)27-14-16-29(17-15-27)37-35(42)36-20-24-6-3-2-4-7-24/h2-18,31-34,39-41H,19-23H2,1H3,(H2,36,37,42)/t31-,32+,33+,34+/m0/s1. The van der Waals surface area contributed by atoms with Crippen molar-refractivity contribution in [2.45, 2.75) is 44.2 Å². The summed E-state index contributed by atoms with van der Waals surface area (Å²) < 4.78 is 12.9. The summed E-state index contributed by atoms with van der Waals surface area (Å²) in [5, 5.41) is 35.8. The summed E-state index contributed by atoms with van der Waals surface area (Å²) in [6.07, 6.45) is -1.28. The van der Waals surface area contributed by atoms with Crippen LogP contribution in [0.25, 0.3) is 0 Å². The number of benzene rings is 4. The lowest BCUT2D eigenvalue weighted by Crippen LogP contribution is -2.39. The number of hydrogen-bond acceptors (Lipinski definition) is 7. The number of rotatable bonds is 11. The zero-order chi connectivity index (χ0) is 30.9. The van der Waals surface area contributed by atoms with Crippen LogP contribution in [0, 0.1) is 0 Å². The molecule has 0 spiro atoms. The second-order valence-electron chi connectivity index (χ2n) is 11.1. The average Bonchev–Trinajstić information content (AvgIpc) is 3.04. The number of aliphatic hydroxyl groups excluding tert-OH is 2. The Hall–Kier alpha value is -4.25. The molecule has 5 rings (SSSR count). The number of nitrogens with one attached hydrogen (secondary N) is 2. The fourth-order valence-electron chi connectivity index (χ4n) is 5.26. The third kappa shape index (κ3) is 8.66. The molecular formula is C35H39N3O6. The highest BCUT2D eigenvalue weighted by Gasteiger charge is 2.33. The highest BCUT2D eigenvalue weighted by atomic mass is 16.7. The lowest BCUT2D eigenvalue weighted by Gasteiger charge is -2.38. The van der Waals surface area contributed by atoms with E-state index in [0.717, 1.165) is 22.3 Å². The van der Waals surface area contributed by atoms with Crippen molar-refractivity contribution >= 4 is 11.7 Å². The average molecular weight is 598 g/mol. The van der Waals surface area contributed by atoms with E-state index in [1.165, 1.54) is 0 Å². The lowest BCUT2D eigenvalue weighted by atomic mass is 9.99. The van der Waals surface area contributed by atoms with E-state index in [4.69, 9.17) is 9.47 Å². The van der Waals surface area contributed by atoms with Crippen LogP contribution in [0.3, 0.4) is 0 Å². The first kappa shape index (κ1) is 31.2. The van der Waals surface area contributed by atoms with E-state index in [-0.39, 0.29) is 30.6 Å². The van der Waals surface area contributed by atoms with Gasteiger partial charge in [0.1, 0.15) is 5.75 Å². The third-order valence-corrected chi connectivity index (χ3v) is 7.61. The van der Waals surface area contributed by atoms with Crippen LogP contribution in [0.4, 0.5) is 10.5 Å². The van der Waals surface area contributed by atoms with Gasteiger partial charge in [0.2, 0.25) is 0 Å². The van der Waals surface area contributed by atoms with Gasteiger partial charge in [-0.25, -0.2) is 4.79 Å². The van der Waals surface area contributed by atoms with E-state index in [2.05, 4.69) is 10.6 Å². The van der Waals surface area contributed by atoms with E-state index < -0.39 is 12.4 Å². The van der Waals surface area contributed by atoms with Gasteiger partial charge < -0.3 is 40.3 Å². The van der Waals surface area contributed by atoms with Gasteiger partial charge in [-0.15, -0.1) is 0 Å². The molecule has 0 saturated carbocycles. The Balaban J connectivity index is 1.24. The molecule has 9 nitrogen and oxygen atoms in total. The molecule has 0 aromatic heterocycles. The predicted octanol–water partition coefficient (Wildman–Crippen LogP) is 5.42. The molecule has 4 atom stereocenters. The van der Waals surface area contributed by atoms with Crippen LogP contribution in [0.5, 0.6) is 5.75 Å². The maximum Gasteiger partial charge on any atom is 0.319 e. The minimum absolute atomic E-state index is 0.0306. The topological polar surface area (TPSA) is 124 Å². The molecule has 0 bridgehead atoms.